The maximum atomic E-state index is 12.3. The Morgan fingerprint density at radius 2 is 2.10 bits per heavy atom. The summed E-state index contributed by atoms with van der Waals surface area (Å²) in [5.74, 6) is 1.86. The molecule has 2 aromatic heterocycles. The molecular formula is C17H21N3O. The second-order valence-corrected chi connectivity index (χ2v) is 6.48. The molecule has 21 heavy (non-hydrogen) atoms. The normalized spacial score (nSPS) is 27.4. The van der Waals surface area contributed by atoms with Crippen molar-refractivity contribution in [2.45, 2.75) is 39.2 Å². The fourth-order valence-corrected chi connectivity index (χ4v) is 3.96. The van der Waals surface area contributed by atoms with Gasteiger partial charge in [-0.1, -0.05) is 18.9 Å². The lowest BCUT2D eigenvalue weighted by Gasteiger charge is -2.04. The van der Waals surface area contributed by atoms with Gasteiger partial charge < -0.3 is 9.72 Å². The number of aromatic nitrogens is 2. The van der Waals surface area contributed by atoms with Crippen LogP contribution >= 0.6 is 0 Å². The number of fused-ring (bicyclic) bond motifs is 2. The highest BCUT2D eigenvalue weighted by atomic mass is 16.2. The first-order chi connectivity index (χ1) is 10.2. The number of carbonyl (C=O) groups excluding carboxylic acids is 1. The van der Waals surface area contributed by atoms with E-state index < -0.39 is 0 Å². The lowest BCUT2D eigenvalue weighted by Crippen LogP contribution is -2.25. The topological polar surface area (TPSA) is 46.4 Å². The summed E-state index contributed by atoms with van der Waals surface area (Å²) < 4.78 is 2.07. The van der Waals surface area contributed by atoms with Crippen LogP contribution in [0.1, 0.15) is 37.1 Å². The number of aryl methyl sites for hydroxylation is 1. The summed E-state index contributed by atoms with van der Waals surface area (Å²) in [6.07, 6.45) is 7.12. The van der Waals surface area contributed by atoms with Crippen LogP contribution < -0.4 is 5.32 Å². The Hall–Kier alpha value is -1.84. The van der Waals surface area contributed by atoms with E-state index in [1.807, 2.05) is 18.3 Å². The van der Waals surface area contributed by atoms with Crippen molar-refractivity contribution in [3.8, 4) is 0 Å². The van der Waals surface area contributed by atoms with E-state index in [1.165, 1.54) is 25.7 Å². The van der Waals surface area contributed by atoms with Crippen LogP contribution in [0, 0.1) is 24.7 Å². The molecule has 2 atom stereocenters. The molecule has 4 heteroatoms. The summed E-state index contributed by atoms with van der Waals surface area (Å²) in [6.45, 7) is 2.60. The highest BCUT2D eigenvalue weighted by Crippen LogP contribution is 2.55. The molecule has 0 bridgehead atoms. The number of imidazole rings is 1. The second kappa shape index (κ2) is 4.86. The number of hydrogen-bond donors (Lipinski definition) is 1. The molecule has 2 fully saturated rings. The van der Waals surface area contributed by atoms with Crippen molar-refractivity contribution in [2.75, 3.05) is 0 Å². The Bertz CT molecular complexity index is 678. The molecule has 0 aliphatic heterocycles. The predicted molar refractivity (Wildman–Crippen MR) is 80.7 cm³/mol. The summed E-state index contributed by atoms with van der Waals surface area (Å²) in [5.41, 5.74) is 3.03. The van der Waals surface area contributed by atoms with Crippen molar-refractivity contribution in [1.29, 1.82) is 0 Å². The Labute approximate surface area is 124 Å². The van der Waals surface area contributed by atoms with Crippen LogP contribution in [0.4, 0.5) is 0 Å². The van der Waals surface area contributed by atoms with Gasteiger partial charge in [-0.2, -0.15) is 0 Å². The molecule has 2 aliphatic rings. The van der Waals surface area contributed by atoms with E-state index in [1.54, 1.807) is 0 Å². The van der Waals surface area contributed by atoms with E-state index in [-0.39, 0.29) is 11.8 Å². The molecule has 1 amide bonds. The van der Waals surface area contributed by atoms with Crippen molar-refractivity contribution in [2.24, 2.45) is 17.8 Å². The summed E-state index contributed by atoms with van der Waals surface area (Å²) in [7, 11) is 0. The molecule has 0 saturated heterocycles. The Morgan fingerprint density at radius 3 is 2.81 bits per heavy atom. The fourth-order valence-electron chi connectivity index (χ4n) is 3.96. The molecule has 2 aromatic rings. The minimum Gasteiger partial charge on any atom is -0.350 e. The van der Waals surface area contributed by atoms with Crippen molar-refractivity contribution in [1.82, 2.24) is 14.7 Å². The van der Waals surface area contributed by atoms with E-state index in [2.05, 4.69) is 27.7 Å². The summed E-state index contributed by atoms with van der Waals surface area (Å²) in [6, 6.07) is 6.06. The summed E-state index contributed by atoms with van der Waals surface area (Å²) >= 11 is 0. The van der Waals surface area contributed by atoms with Crippen LogP contribution in [-0.2, 0) is 11.3 Å². The average molecular weight is 283 g/mol. The highest BCUT2D eigenvalue weighted by Gasteiger charge is 2.54. The first-order valence-corrected chi connectivity index (χ1v) is 7.95. The lowest BCUT2D eigenvalue weighted by atomic mass is 10.0. The molecule has 1 N–H and O–H groups in total. The van der Waals surface area contributed by atoms with Crippen LogP contribution in [0.2, 0.25) is 0 Å². The van der Waals surface area contributed by atoms with Gasteiger partial charge in [0.25, 0.3) is 0 Å². The standard InChI is InChI=1S/C17H21N3O/c1-11-5-4-8-15-19-12(10-20(11)15)9-18-17(21)16-13-6-2-3-7-14(13)16/h4-5,8,10,13-14,16H,2-3,6-7,9H2,1H3,(H,18,21). The van der Waals surface area contributed by atoms with E-state index in [0.29, 0.717) is 18.4 Å². The first-order valence-electron chi connectivity index (χ1n) is 7.95. The molecule has 0 aromatic carbocycles. The van der Waals surface area contributed by atoms with Crippen molar-refractivity contribution in [3.05, 3.63) is 35.8 Å². The minimum atomic E-state index is 0.237. The van der Waals surface area contributed by atoms with Crippen molar-refractivity contribution < 1.29 is 4.79 Å². The van der Waals surface area contributed by atoms with E-state index in [9.17, 15) is 4.79 Å². The van der Waals surface area contributed by atoms with Crippen molar-refractivity contribution in [3.63, 3.8) is 0 Å². The monoisotopic (exact) mass is 283 g/mol. The van der Waals surface area contributed by atoms with Gasteiger partial charge in [0, 0.05) is 17.8 Å². The van der Waals surface area contributed by atoms with Gasteiger partial charge in [-0.05, 0) is 43.7 Å². The maximum Gasteiger partial charge on any atom is 0.224 e. The number of hydrogen-bond acceptors (Lipinski definition) is 2. The molecule has 2 unspecified atom stereocenters. The molecule has 110 valence electrons. The van der Waals surface area contributed by atoms with Crippen LogP contribution in [0.3, 0.4) is 0 Å². The Kier molecular flexibility index (Phi) is 2.98. The van der Waals surface area contributed by atoms with Gasteiger partial charge in [0.05, 0.1) is 12.2 Å². The highest BCUT2D eigenvalue weighted by molar-refractivity contribution is 5.82. The number of pyridine rings is 1. The third kappa shape index (κ3) is 2.23. The molecule has 4 nitrogen and oxygen atoms in total. The van der Waals surface area contributed by atoms with E-state index in [4.69, 9.17) is 0 Å². The zero-order chi connectivity index (χ0) is 14.4. The SMILES string of the molecule is Cc1cccc2nc(CNC(=O)C3C4CCCCC43)cn12. The number of nitrogens with one attached hydrogen (secondary N) is 1. The quantitative estimate of drug-likeness (QED) is 0.941. The fraction of sp³-hybridized carbons (Fsp3) is 0.529. The van der Waals surface area contributed by atoms with Crippen LogP contribution in [0.25, 0.3) is 5.65 Å². The van der Waals surface area contributed by atoms with E-state index >= 15 is 0 Å². The second-order valence-electron chi connectivity index (χ2n) is 6.48. The molecule has 2 heterocycles. The summed E-state index contributed by atoms with van der Waals surface area (Å²) in [5, 5.41) is 3.08. The molecule has 2 saturated carbocycles. The lowest BCUT2D eigenvalue weighted by molar-refractivity contribution is -0.123. The molecular weight excluding hydrogens is 262 g/mol. The van der Waals surface area contributed by atoms with Crippen LogP contribution in [0.5, 0.6) is 0 Å². The third-order valence-electron chi connectivity index (χ3n) is 5.15. The van der Waals surface area contributed by atoms with Gasteiger partial charge >= 0.3 is 0 Å². The first kappa shape index (κ1) is 12.9. The zero-order valence-corrected chi connectivity index (χ0v) is 12.4. The average Bonchev–Trinajstić information content (AvgIpc) is 3.07. The maximum absolute atomic E-state index is 12.3. The largest absolute Gasteiger partial charge is 0.350 e. The minimum absolute atomic E-state index is 0.237. The smallest absolute Gasteiger partial charge is 0.224 e. The Balaban J connectivity index is 1.42. The molecule has 4 rings (SSSR count). The van der Waals surface area contributed by atoms with Gasteiger partial charge in [0.15, 0.2) is 0 Å². The third-order valence-corrected chi connectivity index (χ3v) is 5.15. The van der Waals surface area contributed by atoms with Gasteiger partial charge in [-0.3, -0.25) is 4.79 Å². The zero-order valence-electron chi connectivity index (χ0n) is 12.4. The number of carbonyl (C=O) groups is 1. The molecule has 2 aliphatic carbocycles. The predicted octanol–water partition coefficient (Wildman–Crippen LogP) is 2.70. The van der Waals surface area contributed by atoms with Gasteiger partial charge in [0.2, 0.25) is 5.91 Å². The van der Waals surface area contributed by atoms with E-state index in [0.717, 1.165) is 17.0 Å². The Morgan fingerprint density at radius 1 is 1.33 bits per heavy atom. The van der Waals surface area contributed by atoms with Crippen molar-refractivity contribution >= 4 is 11.6 Å². The number of amides is 1. The molecule has 0 spiro atoms. The van der Waals surface area contributed by atoms with Crippen LogP contribution in [0.15, 0.2) is 24.4 Å². The van der Waals surface area contributed by atoms with Gasteiger partial charge in [0.1, 0.15) is 5.65 Å². The number of rotatable bonds is 3. The van der Waals surface area contributed by atoms with Gasteiger partial charge in [-0.15, -0.1) is 0 Å². The van der Waals surface area contributed by atoms with Gasteiger partial charge in [-0.25, -0.2) is 4.98 Å². The molecule has 0 radical (unpaired) electrons. The number of nitrogens with zero attached hydrogens (tertiary/aromatic N) is 2. The summed E-state index contributed by atoms with van der Waals surface area (Å²) in [4.78, 5) is 16.8. The van der Waals surface area contributed by atoms with Crippen LogP contribution in [-0.4, -0.2) is 15.3 Å².